The number of aliphatic hydroxyl groups excluding tert-OH is 2. The van der Waals surface area contributed by atoms with Gasteiger partial charge in [0.1, 0.15) is 0 Å². The molecule has 2 atom stereocenters. The van der Waals surface area contributed by atoms with E-state index in [1.54, 1.807) is 6.08 Å². The zero-order chi connectivity index (χ0) is 51.4. The summed E-state index contributed by atoms with van der Waals surface area (Å²) < 4.78 is 5.47. The average molecular weight is 999 g/mol. The van der Waals surface area contributed by atoms with Gasteiger partial charge in [0.2, 0.25) is 5.91 Å². The first-order valence-corrected chi connectivity index (χ1v) is 31.8. The van der Waals surface area contributed by atoms with E-state index in [4.69, 9.17) is 4.74 Å². The van der Waals surface area contributed by atoms with Crippen molar-refractivity contribution in [2.75, 3.05) is 13.2 Å². The minimum absolute atomic E-state index is 0.00615. The second-order valence-electron chi connectivity index (χ2n) is 21.7. The maximum atomic E-state index is 12.5. The summed E-state index contributed by atoms with van der Waals surface area (Å²) in [5.74, 6) is -0.0860. The molecule has 6 heteroatoms. The molecule has 0 aromatic rings. The summed E-state index contributed by atoms with van der Waals surface area (Å²) in [6, 6.07) is -0.640. The average Bonchev–Trinajstić information content (AvgIpc) is 3.37. The van der Waals surface area contributed by atoms with E-state index in [-0.39, 0.29) is 18.5 Å². The van der Waals surface area contributed by atoms with Crippen molar-refractivity contribution < 1.29 is 24.5 Å². The Morgan fingerprint density at radius 1 is 0.380 bits per heavy atom. The van der Waals surface area contributed by atoms with E-state index in [2.05, 4.69) is 43.5 Å². The molecule has 0 rings (SSSR count). The van der Waals surface area contributed by atoms with Crippen LogP contribution in [0.25, 0.3) is 0 Å². The molecule has 0 aromatic heterocycles. The van der Waals surface area contributed by atoms with Crippen LogP contribution in [0.5, 0.6) is 0 Å². The maximum Gasteiger partial charge on any atom is 0.305 e. The molecule has 0 fully saturated rings. The van der Waals surface area contributed by atoms with E-state index < -0.39 is 12.1 Å². The molecule has 0 aliphatic heterocycles. The van der Waals surface area contributed by atoms with E-state index in [0.29, 0.717) is 19.4 Å². The molecule has 0 aliphatic carbocycles. The smallest absolute Gasteiger partial charge is 0.305 e. The largest absolute Gasteiger partial charge is 0.466 e. The van der Waals surface area contributed by atoms with Gasteiger partial charge in [-0.25, -0.2) is 0 Å². The van der Waals surface area contributed by atoms with E-state index >= 15 is 0 Å². The van der Waals surface area contributed by atoms with Gasteiger partial charge in [-0.2, -0.15) is 0 Å². The monoisotopic (exact) mass is 998 g/mol. The van der Waals surface area contributed by atoms with Gasteiger partial charge < -0.3 is 20.3 Å². The minimum atomic E-state index is -0.855. The molecule has 71 heavy (non-hydrogen) atoms. The van der Waals surface area contributed by atoms with Crippen molar-refractivity contribution in [2.45, 2.75) is 353 Å². The Hall–Kier alpha value is -1.92. The van der Waals surface area contributed by atoms with Gasteiger partial charge in [0.25, 0.3) is 0 Å². The Labute approximate surface area is 443 Å². The highest BCUT2D eigenvalue weighted by atomic mass is 16.5. The molecule has 3 N–H and O–H groups in total. The van der Waals surface area contributed by atoms with Gasteiger partial charge in [-0.1, -0.05) is 281 Å². The highest BCUT2D eigenvalue weighted by Gasteiger charge is 2.18. The molecule has 0 bridgehead atoms. The lowest BCUT2D eigenvalue weighted by atomic mass is 10.0. The quantitative estimate of drug-likeness (QED) is 0.0321. The summed E-state index contributed by atoms with van der Waals surface area (Å²) in [6.07, 6.45) is 76.1. The number of hydrogen-bond donors (Lipinski definition) is 3. The second kappa shape index (κ2) is 60.6. The van der Waals surface area contributed by atoms with E-state index in [1.165, 1.54) is 250 Å². The Bertz CT molecular complexity index is 1150. The predicted molar refractivity (Wildman–Crippen MR) is 310 cm³/mol. The molecule has 0 aromatic carbocycles. The van der Waals surface area contributed by atoms with Crippen LogP contribution in [0.15, 0.2) is 36.5 Å². The maximum absolute atomic E-state index is 12.5. The standard InChI is InChI=1S/C65H123NO5/c1-3-5-7-9-11-13-15-17-19-20-21-22-23-24-27-30-33-37-41-45-49-53-57-63(68)62(61-67)66-64(69)58-54-50-46-42-38-34-31-28-25-26-29-32-36-40-44-48-52-56-60-71-65(70)59-55-51-47-43-39-35-18-16-14-12-10-8-6-4-2/h16,18,28,31,53,57,62-63,67-68H,3-15,17,19-27,29-30,32-52,54-56,58-61H2,1-2H3,(H,66,69)/b18-16-,31-28-,57-53+. The van der Waals surface area contributed by atoms with Crippen LogP contribution in [0.1, 0.15) is 341 Å². The molecule has 0 saturated heterocycles. The van der Waals surface area contributed by atoms with Crippen molar-refractivity contribution in [3.63, 3.8) is 0 Å². The third kappa shape index (κ3) is 57.2. The van der Waals surface area contributed by atoms with Gasteiger partial charge in [0.05, 0.1) is 25.4 Å². The van der Waals surface area contributed by atoms with Crippen LogP contribution in [0.4, 0.5) is 0 Å². The fourth-order valence-corrected chi connectivity index (χ4v) is 9.74. The molecule has 6 nitrogen and oxygen atoms in total. The SMILES string of the molecule is CCCCCCC/C=C\CCCCCCCC(=O)OCCCCCCCCCCC/C=C\CCCCCCCC(=O)NC(CO)C(O)/C=C/CCCCCCCCCCCCCCCCCCCCCC. The number of carbonyl (C=O) groups is 2. The number of amides is 1. The summed E-state index contributed by atoms with van der Waals surface area (Å²) in [6.45, 7) is 4.90. The molecule has 0 saturated carbocycles. The summed E-state index contributed by atoms with van der Waals surface area (Å²) in [5.41, 5.74) is 0. The number of hydrogen-bond acceptors (Lipinski definition) is 5. The number of nitrogens with one attached hydrogen (secondary N) is 1. The van der Waals surface area contributed by atoms with Crippen LogP contribution in [0.3, 0.4) is 0 Å². The van der Waals surface area contributed by atoms with Crippen LogP contribution >= 0.6 is 0 Å². The molecule has 0 spiro atoms. The van der Waals surface area contributed by atoms with E-state index in [1.807, 2.05) is 6.08 Å². The highest BCUT2D eigenvalue weighted by molar-refractivity contribution is 5.76. The molecular formula is C65H123NO5. The Morgan fingerprint density at radius 2 is 0.662 bits per heavy atom. The van der Waals surface area contributed by atoms with Gasteiger partial charge in [-0.3, -0.25) is 9.59 Å². The summed E-state index contributed by atoms with van der Waals surface area (Å²) >= 11 is 0. The Kier molecular flexibility index (Phi) is 59.0. The lowest BCUT2D eigenvalue weighted by Crippen LogP contribution is -2.45. The number of aliphatic hydroxyl groups is 2. The number of unbranched alkanes of at least 4 members (excludes halogenated alkanes) is 44. The Balaban J connectivity index is 3.48. The van der Waals surface area contributed by atoms with Crippen LogP contribution < -0.4 is 5.32 Å². The summed E-state index contributed by atoms with van der Waals surface area (Å²) in [4.78, 5) is 24.5. The molecule has 2 unspecified atom stereocenters. The van der Waals surface area contributed by atoms with E-state index in [0.717, 1.165) is 64.2 Å². The van der Waals surface area contributed by atoms with Crippen molar-refractivity contribution in [3.8, 4) is 0 Å². The van der Waals surface area contributed by atoms with Crippen LogP contribution in [0, 0.1) is 0 Å². The lowest BCUT2D eigenvalue weighted by Gasteiger charge is -2.20. The highest BCUT2D eigenvalue weighted by Crippen LogP contribution is 2.17. The molecule has 1 amide bonds. The van der Waals surface area contributed by atoms with Crippen LogP contribution in [-0.4, -0.2) is 47.4 Å². The van der Waals surface area contributed by atoms with Crippen molar-refractivity contribution in [3.05, 3.63) is 36.5 Å². The minimum Gasteiger partial charge on any atom is -0.466 e. The predicted octanol–water partition coefficient (Wildman–Crippen LogP) is 20.0. The van der Waals surface area contributed by atoms with Gasteiger partial charge in [-0.05, 0) is 83.5 Å². The normalized spacial score (nSPS) is 12.8. The van der Waals surface area contributed by atoms with Gasteiger partial charge in [-0.15, -0.1) is 0 Å². The number of rotatable bonds is 59. The molecular weight excluding hydrogens is 875 g/mol. The third-order valence-electron chi connectivity index (χ3n) is 14.6. The van der Waals surface area contributed by atoms with Crippen LogP contribution in [-0.2, 0) is 14.3 Å². The third-order valence-corrected chi connectivity index (χ3v) is 14.6. The molecule has 0 heterocycles. The lowest BCUT2D eigenvalue weighted by molar-refractivity contribution is -0.143. The molecule has 0 radical (unpaired) electrons. The van der Waals surface area contributed by atoms with Crippen LogP contribution in [0.2, 0.25) is 0 Å². The second-order valence-corrected chi connectivity index (χ2v) is 21.7. The molecule has 418 valence electrons. The zero-order valence-corrected chi connectivity index (χ0v) is 47.7. The molecule has 0 aliphatic rings. The van der Waals surface area contributed by atoms with Crippen molar-refractivity contribution in [1.82, 2.24) is 5.32 Å². The number of carbonyl (C=O) groups excluding carboxylic acids is 2. The van der Waals surface area contributed by atoms with Crippen molar-refractivity contribution >= 4 is 11.9 Å². The number of esters is 1. The van der Waals surface area contributed by atoms with Gasteiger partial charge in [0, 0.05) is 12.8 Å². The summed E-state index contributed by atoms with van der Waals surface area (Å²) in [5, 5.41) is 23.2. The van der Waals surface area contributed by atoms with E-state index in [9.17, 15) is 19.8 Å². The zero-order valence-electron chi connectivity index (χ0n) is 47.7. The fourth-order valence-electron chi connectivity index (χ4n) is 9.74. The summed E-state index contributed by atoms with van der Waals surface area (Å²) in [7, 11) is 0. The Morgan fingerprint density at radius 3 is 1.00 bits per heavy atom. The van der Waals surface area contributed by atoms with Gasteiger partial charge in [0.15, 0.2) is 0 Å². The first-order valence-electron chi connectivity index (χ1n) is 31.8. The number of ether oxygens (including phenoxy) is 1. The first kappa shape index (κ1) is 69.1. The first-order chi connectivity index (χ1) is 35.0. The van der Waals surface area contributed by atoms with Gasteiger partial charge >= 0.3 is 5.97 Å². The fraction of sp³-hybridized carbons (Fsp3) is 0.877. The van der Waals surface area contributed by atoms with Crippen molar-refractivity contribution in [2.24, 2.45) is 0 Å². The number of allylic oxidation sites excluding steroid dienone is 5. The van der Waals surface area contributed by atoms with Crippen molar-refractivity contribution in [1.29, 1.82) is 0 Å². The topological polar surface area (TPSA) is 95.9 Å².